The van der Waals surface area contributed by atoms with Crippen molar-refractivity contribution in [1.29, 1.82) is 0 Å². The summed E-state index contributed by atoms with van der Waals surface area (Å²) in [7, 11) is -2.05. The van der Waals surface area contributed by atoms with Gasteiger partial charge < -0.3 is 10.2 Å². The molecule has 1 heterocycles. The van der Waals surface area contributed by atoms with Gasteiger partial charge in [-0.15, -0.1) is 4.40 Å². The number of hydrogen-bond acceptors (Lipinski definition) is 3. The Kier molecular flexibility index (Phi) is 5.36. The van der Waals surface area contributed by atoms with E-state index in [2.05, 4.69) is 9.71 Å². The van der Waals surface area contributed by atoms with Crippen LogP contribution < -0.4 is 5.32 Å². The Morgan fingerprint density at radius 1 is 1.13 bits per heavy atom. The summed E-state index contributed by atoms with van der Waals surface area (Å²) in [5.41, 5.74) is 0.235. The van der Waals surface area contributed by atoms with Crippen molar-refractivity contribution >= 4 is 27.5 Å². The molecule has 2 aromatic rings. The van der Waals surface area contributed by atoms with Gasteiger partial charge in [0.1, 0.15) is 11.7 Å². The lowest BCUT2D eigenvalue weighted by Gasteiger charge is -2.40. The lowest BCUT2D eigenvalue weighted by Crippen LogP contribution is -2.46. The van der Waals surface area contributed by atoms with Crippen LogP contribution in [0.1, 0.15) is 37.7 Å². The molecule has 0 spiro atoms. The molecule has 1 saturated carbocycles. The molecule has 0 atom stereocenters. The third-order valence-electron chi connectivity index (χ3n) is 5.97. The Labute approximate surface area is 175 Å². The first-order valence-corrected chi connectivity index (χ1v) is 11.5. The Hall–Kier alpha value is -2.74. The van der Waals surface area contributed by atoms with E-state index in [4.69, 9.17) is 0 Å². The Bertz CT molecular complexity index is 1110. The van der Waals surface area contributed by atoms with E-state index in [1.807, 2.05) is 11.9 Å². The Balaban J connectivity index is 1.58. The van der Waals surface area contributed by atoms with Gasteiger partial charge in [0.05, 0.1) is 10.3 Å². The number of sulfonamides is 1. The fourth-order valence-electron chi connectivity index (χ4n) is 4.05. The van der Waals surface area contributed by atoms with Crippen LogP contribution in [0.15, 0.2) is 57.8 Å². The summed E-state index contributed by atoms with van der Waals surface area (Å²) in [6.45, 7) is 0.784. The lowest BCUT2D eigenvalue weighted by atomic mass is 9.63. The van der Waals surface area contributed by atoms with Crippen LogP contribution in [0, 0.1) is 5.82 Å². The maximum Gasteiger partial charge on any atom is 0.284 e. The summed E-state index contributed by atoms with van der Waals surface area (Å²) in [6.07, 6.45) is 3.63. The summed E-state index contributed by atoms with van der Waals surface area (Å²) in [6, 6.07) is 12.2. The molecular formula is C22H24FN3O3S. The van der Waals surface area contributed by atoms with Gasteiger partial charge in [-0.1, -0.05) is 24.6 Å². The number of carbonyl (C=O) groups is 1. The van der Waals surface area contributed by atoms with Crippen molar-refractivity contribution in [1.82, 2.24) is 4.90 Å². The monoisotopic (exact) mass is 429 g/mol. The molecule has 1 aliphatic carbocycles. The number of carbonyl (C=O) groups excluding carboxylic acids is 1. The molecule has 1 saturated heterocycles. The van der Waals surface area contributed by atoms with E-state index in [1.54, 1.807) is 24.3 Å². The van der Waals surface area contributed by atoms with Crippen molar-refractivity contribution < 1.29 is 17.6 Å². The van der Waals surface area contributed by atoms with Crippen molar-refractivity contribution in [2.24, 2.45) is 4.40 Å². The number of amidine groups is 1. The topological polar surface area (TPSA) is 78.8 Å². The van der Waals surface area contributed by atoms with E-state index < -0.39 is 15.4 Å². The van der Waals surface area contributed by atoms with E-state index in [9.17, 15) is 17.6 Å². The number of nitrogens with zero attached hydrogens (tertiary/aromatic N) is 2. The van der Waals surface area contributed by atoms with Crippen LogP contribution in [-0.2, 0) is 20.2 Å². The Morgan fingerprint density at radius 3 is 2.53 bits per heavy atom. The van der Waals surface area contributed by atoms with E-state index in [0.29, 0.717) is 36.3 Å². The smallest absolute Gasteiger partial charge is 0.284 e. The summed E-state index contributed by atoms with van der Waals surface area (Å²) in [5.74, 6) is -0.0876. The first-order chi connectivity index (χ1) is 14.3. The van der Waals surface area contributed by atoms with Crippen LogP contribution in [0.2, 0.25) is 0 Å². The van der Waals surface area contributed by atoms with Crippen molar-refractivity contribution in [2.75, 3.05) is 18.9 Å². The minimum atomic E-state index is -3.87. The van der Waals surface area contributed by atoms with Crippen molar-refractivity contribution in [3.05, 3.63) is 59.9 Å². The number of rotatable bonds is 5. The number of likely N-dealkylation sites (tertiary alicyclic amines) is 1. The molecule has 158 valence electrons. The average Bonchev–Trinajstić information content (AvgIpc) is 3.05. The molecule has 0 bridgehead atoms. The van der Waals surface area contributed by atoms with Crippen LogP contribution in [0.4, 0.5) is 10.1 Å². The molecule has 2 fully saturated rings. The summed E-state index contributed by atoms with van der Waals surface area (Å²) in [5, 5.41) is 2.83. The standard InChI is InChI=1S/C22H24FN3O3S/c1-26-13-4-10-20(26)25-30(28,29)19-9-3-8-18(15-19)24-21(27)22(11-5-12-22)16-6-2-7-17(23)14-16/h2-3,6-9,14-15H,4-5,10-13H2,1H3,(H,24,27). The summed E-state index contributed by atoms with van der Waals surface area (Å²) >= 11 is 0. The zero-order valence-corrected chi connectivity index (χ0v) is 17.6. The molecule has 1 amide bonds. The molecule has 2 aromatic carbocycles. The fourth-order valence-corrected chi connectivity index (χ4v) is 5.19. The fraction of sp³-hybridized carbons (Fsp3) is 0.364. The molecule has 1 aliphatic heterocycles. The molecular weight excluding hydrogens is 405 g/mol. The molecule has 4 rings (SSSR count). The molecule has 0 aromatic heterocycles. The van der Waals surface area contributed by atoms with Crippen molar-refractivity contribution in [3.63, 3.8) is 0 Å². The predicted molar refractivity (Wildman–Crippen MR) is 113 cm³/mol. The van der Waals surface area contributed by atoms with Crippen LogP contribution in [0.25, 0.3) is 0 Å². The number of nitrogens with one attached hydrogen (secondary N) is 1. The largest absolute Gasteiger partial charge is 0.362 e. The second kappa shape index (κ2) is 7.83. The van der Waals surface area contributed by atoms with Crippen LogP contribution >= 0.6 is 0 Å². The van der Waals surface area contributed by atoms with Crippen LogP contribution in [0.5, 0.6) is 0 Å². The zero-order valence-electron chi connectivity index (χ0n) is 16.8. The predicted octanol–water partition coefficient (Wildman–Crippen LogP) is 3.70. The first kappa shape index (κ1) is 20.5. The molecule has 0 unspecified atom stereocenters. The highest BCUT2D eigenvalue weighted by Crippen LogP contribution is 2.44. The van der Waals surface area contributed by atoms with Crippen molar-refractivity contribution in [2.45, 2.75) is 42.4 Å². The van der Waals surface area contributed by atoms with Crippen LogP contribution in [-0.4, -0.2) is 38.7 Å². The van der Waals surface area contributed by atoms with Gasteiger partial charge in [-0.3, -0.25) is 4.79 Å². The van der Waals surface area contributed by atoms with E-state index in [1.165, 1.54) is 24.3 Å². The molecule has 0 radical (unpaired) electrons. The molecule has 8 heteroatoms. The SMILES string of the molecule is CN1CCCC1=NS(=O)(=O)c1cccc(NC(=O)C2(c3cccc(F)c3)CCC2)c1. The van der Waals surface area contributed by atoms with Gasteiger partial charge in [-0.05, 0) is 55.2 Å². The lowest BCUT2D eigenvalue weighted by molar-refractivity contribution is -0.124. The Morgan fingerprint density at radius 2 is 1.90 bits per heavy atom. The average molecular weight is 430 g/mol. The molecule has 30 heavy (non-hydrogen) atoms. The summed E-state index contributed by atoms with van der Waals surface area (Å²) < 4.78 is 43.1. The second-order valence-corrected chi connectivity index (χ2v) is 9.54. The second-order valence-electron chi connectivity index (χ2n) is 7.94. The van der Waals surface area contributed by atoms with Gasteiger partial charge in [0.15, 0.2) is 0 Å². The molecule has 6 nitrogen and oxygen atoms in total. The minimum Gasteiger partial charge on any atom is -0.362 e. The number of hydrogen-bond donors (Lipinski definition) is 1. The van der Waals surface area contributed by atoms with Crippen molar-refractivity contribution in [3.8, 4) is 0 Å². The quantitative estimate of drug-likeness (QED) is 0.786. The highest BCUT2D eigenvalue weighted by molar-refractivity contribution is 7.90. The van der Waals surface area contributed by atoms with E-state index in [0.717, 1.165) is 19.4 Å². The first-order valence-electron chi connectivity index (χ1n) is 10.0. The highest BCUT2D eigenvalue weighted by Gasteiger charge is 2.45. The van der Waals surface area contributed by atoms with E-state index >= 15 is 0 Å². The highest BCUT2D eigenvalue weighted by atomic mass is 32.2. The van der Waals surface area contributed by atoms with Gasteiger partial charge in [-0.2, -0.15) is 8.42 Å². The normalized spacial score (nSPS) is 19.5. The van der Waals surface area contributed by atoms with E-state index in [-0.39, 0.29) is 16.6 Å². The maximum atomic E-state index is 13.7. The number of amides is 1. The number of anilines is 1. The van der Waals surface area contributed by atoms with Gasteiger partial charge >= 0.3 is 0 Å². The van der Waals surface area contributed by atoms with Gasteiger partial charge in [0.25, 0.3) is 10.0 Å². The zero-order chi connectivity index (χ0) is 21.4. The van der Waals surface area contributed by atoms with Crippen LogP contribution in [0.3, 0.4) is 0 Å². The minimum absolute atomic E-state index is 0.0292. The third kappa shape index (κ3) is 3.84. The van der Waals surface area contributed by atoms with Gasteiger partial charge in [0, 0.05) is 25.7 Å². The summed E-state index contributed by atoms with van der Waals surface area (Å²) in [4.78, 5) is 15.0. The number of halogens is 1. The number of benzene rings is 2. The van der Waals surface area contributed by atoms with Gasteiger partial charge in [-0.25, -0.2) is 4.39 Å². The molecule has 1 N–H and O–H groups in total. The van der Waals surface area contributed by atoms with Gasteiger partial charge in [0.2, 0.25) is 5.91 Å². The maximum absolute atomic E-state index is 13.7. The molecule has 2 aliphatic rings. The third-order valence-corrected chi connectivity index (χ3v) is 7.27.